The summed E-state index contributed by atoms with van der Waals surface area (Å²) in [5, 5.41) is 7.38. The first kappa shape index (κ1) is 12.2. The van der Waals surface area contributed by atoms with Gasteiger partial charge < -0.3 is 10.1 Å². The lowest BCUT2D eigenvalue weighted by Crippen LogP contribution is -2.29. The number of nitrogens with one attached hydrogen (secondary N) is 1. The lowest BCUT2D eigenvalue weighted by molar-refractivity contribution is -0.0148. The molecule has 0 radical (unpaired) electrons. The second-order valence-corrected chi connectivity index (χ2v) is 4.64. The predicted octanol–water partition coefficient (Wildman–Crippen LogP) is 1.50. The molecule has 15 heavy (non-hydrogen) atoms. The third-order valence-corrected chi connectivity index (χ3v) is 2.25. The minimum absolute atomic E-state index is 0.103. The molecular weight excluding hydrogens is 190 g/mol. The van der Waals surface area contributed by atoms with E-state index in [1.807, 2.05) is 24.8 Å². The van der Waals surface area contributed by atoms with E-state index in [1.54, 1.807) is 6.20 Å². The van der Waals surface area contributed by atoms with Crippen molar-refractivity contribution in [2.24, 2.45) is 7.05 Å². The van der Waals surface area contributed by atoms with E-state index in [-0.39, 0.29) is 11.6 Å². The van der Waals surface area contributed by atoms with Gasteiger partial charge in [-0.15, -0.1) is 0 Å². The summed E-state index contributed by atoms with van der Waals surface area (Å²) in [7, 11) is 3.88. The molecule has 0 spiro atoms. The van der Waals surface area contributed by atoms with E-state index in [2.05, 4.69) is 31.2 Å². The summed E-state index contributed by atoms with van der Waals surface area (Å²) in [6.07, 6.45) is 1.80. The first-order valence-corrected chi connectivity index (χ1v) is 5.23. The molecule has 1 unspecified atom stereocenters. The fourth-order valence-corrected chi connectivity index (χ4v) is 1.38. The number of rotatable bonds is 4. The van der Waals surface area contributed by atoms with Crippen LogP contribution in [0.1, 0.15) is 32.5 Å². The van der Waals surface area contributed by atoms with Crippen LogP contribution in [0.2, 0.25) is 0 Å². The Balaban J connectivity index is 2.61. The van der Waals surface area contributed by atoms with E-state index < -0.39 is 0 Å². The molecule has 4 nitrogen and oxygen atoms in total. The molecule has 0 amide bonds. The van der Waals surface area contributed by atoms with Crippen LogP contribution in [-0.4, -0.2) is 29.0 Å². The lowest BCUT2D eigenvalue weighted by atomic mass is 10.1. The van der Waals surface area contributed by atoms with Gasteiger partial charge in [-0.25, -0.2) is 0 Å². The Morgan fingerprint density at radius 3 is 2.60 bits per heavy atom. The first-order valence-electron chi connectivity index (χ1n) is 5.23. The molecule has 1 aromatic heterocycles. The Morgan fingerprint density at radius 1 is 1.53 bits per heavy atom. The Kier molecular flexibility index (Phi) is 3.88. The summed E-state index contributed by atoms with van der Waals surface area (Å²) < 4.78 is 7.63. The van der Waals surface area contributed by atoms with Crippen molar-refractivity contribution in [1.82, 2.24) is 15.1 Å². The maximum absolute atomic E-state index is 5.76. The van der Waals surface area contributed by atoms with E-state index in [0.29, 0.717) is 6.61 Å². The summed E-state index contributed by atoms with van der Waals surface area (Å²) in [4.78, 5) is 0. The molecular formula is C11H21N3O. The van der Waals surface area contributed by atoms with Gasteiger partial charge in [-0.3, -0.25) is 4.68 Å². The molecule has 1 aromatic rings. The van der Waals surface area contributed by atoms with Crippen molar-refractivity contribution >= 4 is 0 Å². The topological polar surface area (TPSA) is 39.1 Å². The Morgan fingerprint density at radius 2 is 2.20 bits per heavy atom. The number of aromatic nitrogens is 2. The van der Waals surface area contributed by atoms with Crippen LogP contribution in [-0.2, 0) is 11.8 Å². The highest BCUT2D eigenvalue weighted by molar-refractivity contribution is 5.06. The minimum atomic E-state index is -0.103. The van der Waals surface area contributed by atoms with Crippen molar-refractivity contribution in [3.63, 3.8) is 0 Å². The van der Waals surface area contributed by atoms with E-state index in [0.717, 1.165) is 5.69 Å². The van der Waals surface area contributed by atoms with Gasteiger partial charge in [-0.05, 0) is 33.9 Å². The maximum Gasteiger partial charge on any atom is 0.0727 e. The first-order chi connectivity index (χ1) is 6.94. The Labute approximate surface area is 91.6 Å². The fraction of sp³-hybridized carbons (Fsp3) is 0.727. The number of hydrogen-bond donors (Lipinski definition) is 1. The molecule has 1 heterocycles. The van der Waals surface area contributed by atoms with Crippen molar-refractivity contribution in [2.45, 2.75) is 32.4 Å². The highest BCUT2D eigenvalue weighted by atomic mass is 16.5. The van der Waals surface area contributed by atoms with Crippen LogP contribution in [0.3, 0.4) is 0 Å². The standard InChI is InChI=1S/C11H21N3O/c1-11(2,3)15-8-9(12-4)10-6-7-13-14(10)5/h6-7,9,12H,8H2,1-5H3. The van der Waals surface area contributed by atoms with Crippen molar-refractivity contribution < 1.29 is 4.74 Å². The largest absolute Gasteiger partial charge is 0.374 e. The zero-order valence-electron chi connectivity index (χ0n) is 10.2. The maximum atomic E-state index is 5.76. The summed E-state index contributed by atoms with van der Waals surface area (Å²) in [5.74, 6) is 0. The average Bonchev–Trinajstić information content (AvgIpc) is 2.52. The van der Waals surface area contributed by atoms with Gasteiger partial charge in [-0.1, -0.05) is 0 Å². The van der Waals surface area contributed by atoms with Crippen molar-refractivity contribution in [2.75, 3.05) is 13.7 Å². The SMILES string of the molecule is CNC(COC(C)(C)C)c1ccnn1C. The van der Waals surface area contributed by atoms with Gasteiger partial charge in [0.15, 0.2) is 0 Å². The molecule has 1 rings (SSSR count). The molecule has 0 aromatic carbocycles. The molecule has 0 saturated heterocycles. The zero-order valence-corrected chi connectivity index (χ0v) is 10.2. The fourth-order valence-electron chi connectivity index (χ4n) is 1.38. The molecule has 1 N–H and O–H groups in total. The highest BCUT2D eigenvalue weighted by Gasteiger charge is 2.17. The smallest absolute Gasteiger partial charge is 0.0727 e. The van der Waals surface area contributed by atoms with Crippen LogP contribution in [0.25, 0.3) is 0 Å². The van der Waals surface area contributed by atoms with Crippen LogP contribution in [0.4, 0.5) is 0 Å². The normalized spacial score (nSPS) is 14.2. The zero-order chi connectivity index (χ0) is 11.5. The van der Waals surface area contributed by atoms with E-state index in [4.69, 9.17) is 4.74 Å². The summed E-state index contributed by atoms with van der Waals surface area (Å²) in [6, 6.07) is 2.20. The average molecular weight is 211 g/mol. The van der Waals surface area contributed by atoms with Crippen molar-refractivity contribution in [3.8, 4) is 0 Å². The number of hydrogen-bond acceptors (Lipinski definition) is 3. The highest BCUT2D eigenvalue weighted by Crippen LogP contribution is 2.15. The minimum Gasteiger partial charge on any atom is -0.374 e. The summed E-state index contributed by atoms with van der Waals surface area (Å²) >= 11 is 0. The molecule has 0 saturated carbocycles. The van der Waals surface area contributed by atoms with Crippen molar-refractivity contribution in [3.05, 3.63) is 18.0 Å². The van der Waals surface area contributed by atoms with E-state index in [1.165, 1.54) is 0 Å². The number of aryl methyl sites for hydroxylation is 1. The molecule has 0 aliphatic rings. The number of nitrogens with zero attached hydrogens (tertiary/aromatic N) is 2. The second-order valence-electron chi connectivity index (χ2n) is 4.64. The molecule has 0 aliphatic carbocycles. The monoisotopic (exact) mass is 211 g/mol. The third kappa shape index (κ3) is 3.64. The second kappa shape index (κ2) is 4.77. The van der Waals surface area contributed by atoms with Crippen LogP contribution < -0.4 is 5.32 Å². The molecule has 86 valence electrons. The molecule has 1 atom stereocenters. The van der Waals surface area contributed by atoms with Gasteiger partial charge in [0.05, 0.1) is 23.9 Å². The molecule has 0 bridgehead atoms. The Hall–Kier alpha value is -0.870. The van der Waals surface area contributed by atoms with Gasteiger partial charge in [0, 0.05) is 13.2 Å². The van der Waals surface area contributed by atoms with E-state index >= 15 is 0 Å². The summed E-state index contributed by atoms with van der Waals surface area (Å²) in [5.41, 5.74) is 1.04. The molecule has 0 aliphatic heterocycles. The molecule has 4 heteroatoms. The summed E-state index contributed by atoms with van der Waals surface area (Å²) in [6.45, 7) is 6.83. The quantitative estimate of drug-likeness (QED) is 0.820. The van der Waals surface area contributed by atoms with Gasteiger partial charge in [-0.2, -0.15) is 5.10 Å². The van der Waals surface area contributed by atoms with Crippen LogP contribution in [0.5, 0.6) is 0 Å². The lowest BCUT2D eigenvalue weighted by Gasteiger charge is -2.24. The van der Waals surface area contributed by atoms with Gasteiger partial charge in [0.1, 0.15) is 0 Å². The Bertz CT molecular complexity index is 301. The van der Waals surface area contributed by atoms with Crippen LogP contribution in [0.15, 0.2) is 12.3 Å². The van der Waals surface area contributed by atoms with Gasteiger partial charge >= 0.3 is 0 Å². The van der Waals surface area contributed by atoms with Crippen LogP contribution in [0, 0.1) is 0 Å². The molecule has 0 fully saturated rings. The van der Waals surface area contributed by atoms with Crippen LogP contribution >= 0.6 is 0 Å². The number of ether oxygens (including phenoxy) is 1. The van der Waals surface area contributed by atoms with Gasteiger partial charge in [0.25, 0.3) is 0 Å². The van der Waals surface area contributed by atoms with E-state index in [9.17, 15) is 0 Å². The predicted molar refractivity (Wildman–Crippen MR) is 60.7 cm³/mol. The van der Waals surface area contributed by atoms with Gasteiger partial charge in [0.2, 0.25) is 0 Å². The number of likely N-dealkylation sites (N-methyl/N-ethyl adjacent to an activating group) is 1. The third-order valence-electron chi connectivity index (χ3n) is 2.25. The van der Waals surface area contributed by atoms with Crippen molar-refractivity contribution in [1.29, 1.82) is 0 Å².